The van der Waals surface area contributed by atoms with E-state index in [1.165, 1.54) is 31.4 Å². The third-order valence-corrected chi connectivity index (χ3v) is 4.44. The minimum Gasteiger partial charge on any atom is -0.355 e. The van der Waals surface area contributed by atoms with Crippen LogP contribution >= 0.6 is 0 Å². The molecule has 114 valence electrons. The molecule has 21 heavy (non-hydrogen) atoms. The van der Waals surface area contributed by atoms with Crippen molar-refractivity contribution < 1.29 is 0 Å². The van der Waals surface area contributed by atoms with E-state index < -0.39 is 0 Å². The van der Waals surface area contributed by atoms with Crippen LogP contribution in [0.5, 0.6) is 0 Å². The molecule has 4 heteroatoms. The summed E-state index contributed by atoms with van der Waals surface area (Å²) in [5.74, 6) is 1.12. The number of anilines is 1. The maximum absolute atomic E-state index is 4.86. The van der Waals surface area contributed by atoms with Gasteiger partial charge in [0.05, 0.1) is 5.69 Å². The van der Waals surface area contributed by atoms with E-state index in [2.05, 4.69) is 59.9 Å². The summed E-state index contributed by atoms with van der Waals surface area (Å²) in [5.41, 5.74) is 2.32. The molecule has 1 atom stereocenters. The summed E-state index contributed by atoms with van der Waals surface area (Å²) in [4.78, 5) is 7.20. The fourth-order valence-corrected chi connectivity index (χ4v) is 2.83. The molecule has 0 bridgehead atoms. The molecule has 0 saturated heterocycles. The van der Waals surface area contributed by atoms with Crippen LogP contribution in [0.1, 0.15) is 45.2 Å². The van der Waals surface area contributed by atoms with Gasteiger partial charge in [0, 0.05) is 31.9 Å². The van der Waals surface area contributed by atoms with Crippen LogP contribution in [0.25, 0.3) is 5.65 Å². The number of hydrogen-bond donors (Lipinski definition) is 1. The van der Waals surface area contributed by atoms with Gasteiger partial charge in [0.2, 0.25) is 0 Å². The largest absolute Gasteiger partial charge is 0.355 e. The predicted molar refractivity (Wildman–Crippen MR) is 87.8 cm³/mol. The SMILES string of the molecule is CCCC(C)N(C)c1nc2ccccn2c1CNC1CC1. The third-order valence-electron chi connectivity index (χ3n) is 4.44. The number of nitrogens with zero attached hydrogens (tertiary/aromatic N) is 3. The molecule has 2 aromatic rings. The first-order valence-corrected chi connectivity index (χ1v) is 8.13. The van der Waals surface area contributed by atoms with Crippen molar-refractivity contribution in [3.63, 3.8) is 0 Å². The molecule has 1 N–H and O–H groups in total. The van der Waals surface area contributed by atoms with Gasteiger partial charge < -0.3 is 14.6 Å². The Morgan fingerprint density at radius 1 is 1.43 bits per heavy atom. The van der Waals surface area contributed by atoms with Crippen molar-refractivity contribution in [3.05, 3.63) is 30.1 Å². The van der Waals surface area contributed by atoms with Crippen LogP contribution in [0.15, 0.2) is 24.4 Å². The van der Waals surface area contributed by atoms with Crippen molar-refractivity contribution >= 4 is 11.5 Å². The molecule has 1 aliphatic carbocycles. The highest BCUT2D eigenvalue weighted by Crippen LogP contribution is 2.25. The lowest BCUT2D eigenvalue weighted by molar-refractivity contribution is 0.604. The number of aromatic nitrogens is 2. The summed E-state index contributed by atoms with van der Waals surface area (Å²) >= 11 is 0. The van der Waals surface area contributed by atoms with E-state index in [1.807, 2.05) is 0 Å². The highest BCUT2D eigenvalue weighted by molar-refractivity contribution is 5.56. The van der Waals surface area contributed by atoms with Crippen LogP contribution in [-0.4, -0.2) is 28.5 Å². The first kappa shape index (κ1) is 14.4. The summed E-state index contributed by atoms with van der Waals surface area (Å²) in [7, 11) is 2.17. The highest BCUT2D eigenvalue weighted by atomic mass is 15.2. The lowest BCUT2D eigenvalue weighted by Crippen LogP contribution is -2.30. The van der Waals surface area contributed by atoms with E-state index in [4.69, 9.17) is 4.98 Å². The lowest BCUT2D eigenvalue weighted by atomic mass is 10.1. The second-order valence-electron chi connectivity index (χ2n) is 6.21. The van der Waals surface area contributed by atoms with Gasteiger partial charge in [0.15, 0.2) is 5.82 Å². The summed E-state index contributed by atoms with van der Waals surface area (Å²) < 4.78 is 2.22. The number of pyridine rings is 1. The number of rotatable bonds is 7. The minimum absolute atomic E-state index is 0.514. The molecule has 0 aliphatic heterocycles. The number of fused-ring (bicyclic) bond motifs is 1. The lowest BCUT2D eigenvalue weighted by Gasteiger charge is -2.25. The Hall–Kier alpha value is -1.55. The zero-order chi connectivity index (χ0) is 14.8. The van der Waals surface area contributed by atoms with Gasteiger partial charge in [-0.25, -0.2) is 4.98 Å². The first-order chi connectivity index (χ1) is 10.2. The zero-order valence-electron chi connectivity index (χ0n) is 13.3. The maximum atomic E-state index is 4.86. The summed E-state index contributed by atoms with van der Waals surface area (Å²) in [6.07, 6.45) is 7.14. The predicted octanol–water partition coefficient (Wildman–Crippen LogP) is 3.21. The molecule has 0 amide bonds. The summed E-state index contributed by atoms with van der Waals surface area (Å²) in [5, 5.41) is 3.63. The maximum Gasteiger partial charge on any atom is 0.152 e. The Morgan fingerprint density at radius 2 is 2.24 bits per heavy atom. The average molecular weight is 286 g/mol. The smallest absolute Gasteiger partial charge is 0.152 e. The molecule has 2 heterocycles. The van der Waals surface area contributed by atoms with Crippen molar-refractivity contribution in [2.45, 2.75) is 58.2 Å². The Morgan fingerprint density at radius 3 is 2.95 bits per heavy atom. The molecule has 0 aromatic carbocycles. The van der Waals surface area contributed by atoms with E-state index in [1.54, 1.807) is 0 Å². The Kier molecular flexibility index (Phi) is 4.15. The van der Waals surface area contributed by atoms with E-state index in [9.17, 15) is 0 Å². The van der Waals surface area contributed by atoms with Crippen LogP contribution in [0.2, 0.25) is 0 Å². The van der Waals surface area contributed by atoms with Crippen molar-refractivity contribution in [1.29, 1.82) is 0 Å². The molecule has 4 nitrogen and oxygen atoms in total. The molecule has 1 saturated carbocycles. The van der Waals surface area contributed by atoms with Crippen LogP contribution in [-0.2, 0) is 6.54 Å². The van der Waals surface area contributed by atoms with E-state index in [-0.39, 0.29) is 0 Å². The third kappa shape index (κ3) is 3.05. The van der Waals surface area contributed by atoms with Crippen LogP contribution in [0.3, 0.4) is 0 Å². The van der Waals surface area contributed by atoms with Crippen LogP contribution < -0.4 is 10.2 Å². The molecule has 0 radical (unpaired) electrons. The second-order valence-corrected chi connectivity index (χ2v) is 6.21. The van der Waals surface area contributed by atoms with Crippen molar-refractivity contribution in [1.82, 2.24) is 14.7 Å². The fourth-order valence-electron chi connectivity index (χ4n) is 2.83. The van der Waals surface area contributed by atoms with Crippen molar-refractivity contribution in [3.8, 4) is 0 Å². The monoisotopic (exact) mass is 286 g/mol. The topological polar surface area (TPSA) is 32.6 Å². The molecule has 1 fully saturated rings. The number of nitrogens with one attached hydrogen (secondary N) is 1. The molecule has 0 spiro atoms. The first-order valence-electron chi connectivity index (χ1n) is 8.13. The van der Waals surface area contributed by atoms with Gasteiger partial charge in [-0.05, 0) is 38.3 Å². The standard InChI is InChI=1S/C17H26N4/c1-4-7-13(2)20(3)17-15(12-18-14-9-10-14)21-11-6-5-8-16(21)19-17/h5-6,8,11,13-14,18H,4,7,9-10,12H2,1-3H3. The zero-order valence-corrected chi connectivity index (χ0v) is 13.3. The van der Waals surface area contributed by atoms with Crippen molar-refractivity contribution in [2.24, 2.45) is 0 Å². The van der Waals surface area contributed by atoms with Gasteiger partial charge in [0.1, 0.15) is 5.65 Å². The molecular formula is C17H26N4. The van der Waals surface area contributed by atoms with Gasteiger partial charge in [-0.2, -0.15) is 0 Å². The van der Waals surface area contributed by atoms with Crippen LogP contribution in [0, 0.1) is 0 Å². The van der Waals surface area contributed by atoms with Crippen LogP contribution in [0.4, 0.5) is 5.82 Å². The Labute approximate surface area is 127 Å². The summed E-state index contributed by atoms with van der Waals surface area (Å²) in [6, 6.07) is 7.45. The molecular weight excluding hydrogens is 260 g/mol. The molecule has 1 aliphatic rings. The Bertz CT molecular complexity index is 600. The van der Waals surface area contributed by atoms with Gasteiger partial charge in [-0.1, -0.05) is 19.4 Å². The number of imidazole rings is 1. The van der Waals surface area contributed by atoms with Gasteiger partial charge in [-0.3, -0.25) is 0 Å². The summed E-state index contributed by atoms with van der Waals surface area (Å²) in [6.45, 7) is 5.42. The number of hydrogen-bond acceptors (Lipinski definition) is 3. The quantitative estimate of drug-likeness (QED) is 0.848. The van der Waals surface area contributed by atoms with Crippen molar-refractivity contribution in [2.75, 3.05) is 11.9 Å². The Balaban J connectivity index is 1.92. The minimum atomic E-state index is 0.514. The van der Waals surface area contributed by atoms with E-state index in [0.717, 1.165) is 18.0 Å². The van der Waals surface area contributed by atoms with E-state index in [0.29, 0.717) is 12.1 Å². The van der Waals surface area contributed by atoms with Gasteiger partial charge >= 0.3 is 0 Å². The molecule has 3 rings (SSSR count). The molecule has 2 aromatic heterocycles. The van der Waals surface area contributed by atoms with E-state index >= 15 is 0 Å². The highest BCUT2D eigenvalue weighted by Gasteiger charge is 2.23. The molecule has 1 unspecified atom stereocenters. The van der Waals surface area contributed by atoms with Gasteiger partial charge in [0.25, 0.3) is 0 Å². The second kappa shape index (κ2) is 6.06. The normalized spacial score (nSPS) is 16.3. The fraction of sp³-hybridized carbons (Fsp3) is 0.588. The average Bonchev–Trinajstić information content (AvgIpc) is 3.25. The van der Waals surface area contributed by atoms with Gasteiger partial charge in [-0.15, -0.1) is 0 Å².